The summed E-state index contributed by atoms with van der Waals surface area (Å²) in [5.74, 6) is 0.0821. The first kappa shape index (κ1) is 18.5. The zero-order valence-electron chi connectivity index (χ0n) is 14.8. The number of hydrogen-bond donors (Lipinski definition) is 1. The molecule has 136 valence electrons. The van der Waals surface area contributed by atoms with Crippen molar-refractivity contribution in [1.29, 1.82) is 0 Å². The molecule has 26 heavy (non-hydrogen) atoms. The molecule has 1 atom stereocenters. The Morgan fingerprint density at radius 1 is 1.12 bits per heavy atom. The largest absolute Gasteiger partial charge is 0.312 e. The van der Waals surface area contributed by atoms with Gasteiger partial charge in [0, 0.05) is 11.3 Å². The van der Waals surface area contributed by atoms with Crippen LogP contribution in [0.2, 0.25) is 0 Å². The summed E-state index contributed by atoms with van der Waals surface area (Å²) in [6, 6.07) is 18.1. The Kier molecular flexibility index (Phi) is 5.64. The molecule has 1 aliphatic rings. The summed E-state index contributed by atoms with van der Waals surface area (Å²) >= 11 is 1.59. The molecule has 1 heterocycles. The van der Waals surface area contributed by atoms with Crippen molar-refractivity contribution in [3.8, 4) is 0 Å². The van der Waals surface area contributed by atoms with E-state index in [4.69, 9.17) is 4.84 Å². The van der Waals surface area contributed by atoms with Crippen LogP contribution in [-0.4, -0.2) is 33.4 Å². The highest BCUT2D eigenvalue weighted by molar-refractivity contribution is 8.00. The van der Waals surface area contributed by atoms with Crippen LogP contribution in [0, 0.1) is 0 Å². The summed E-state index contributed by atoms with van der Waals surface area (Å²) < 4.78 is 0. The molecule has 2 amide bonds. The first-order chi connectivity index (χ1) is 12.5. The van der Waals surface area contributed by atoms with Crippen LogP contribution < -0.4 is 5.48 Å². The second-order valence-electron chi connectivity index (χ2n) is 6.56. The van der Waals surface area contributed by atoms with Crippen LogP contribution in [0.25, 0.3) is 0 Å². The first-order valence-electron chi connectivity index (χ1n) is 8.47. The van der Waals surface area contributed by atoms with Gasteiger partial charge in [-0.05, 0) is 31.5 Å². The number of carbonyl (C=O) groups excluding carboxylic acids is 2. The summed E-state index contributed by atoms with van der Waals surface area (Å²) in [6.45, 7) is 4.19. The van der Waals surface area contributed by atoms with Gasteiger partial charge in [0.15, 0.2) is 0 Å². The Labute approximate surface area is 157 Å². The summed E-state index contributed by atoms with van der Waals surface area (Å²) in [5, 5.41) is 0. The lowest BCUT2D eigenvalue weighted by Crippen LogP contribution is -2.52. The van der Waals surface area contributed by atoms with Crippen LogP contribution in [0.15, 0.2) is 60.7 Å². The number of rotatable bonds is 5. The molecular formula is C20H22N2O3S. The fourth-order valence-corrected chi connectivity index (χ4v) is 4.15. The Balaban J connectivity index is 1.67. The van der Waals surface area contributed by atoms with Crippen LogP contribution in [-0.2, 0) is 16.2 Å². The van der Waals surface area contributed by atoms with E-state index in [1.165, 1.54) is 0 Å². The van der Waals surface area contributed by atoms with E-state index < -0.39 is 10.9 Å². The summed E-state index contributed by atoms with van der Waals surface area (Å²) in [5.41, 5.74) is 4.04. The fourth-order valence-electron chi connectivity index (χ4n) is 2.93. The van der Waals surface area contributed by atoms with Crippen molar-refractivity contribution in [2.45, 2.75) is 31.4 Å². The normalized spacial score (nSPS) is 18.5. The quantitative estimate of drug-likeness (QED) is 0.821. The minimum Gasteiger partial charge on any atom is -0.312 e. The van der Waals surface area contributed by atoms with Crippen LogP contribution in [0.5, 0.6) is 0 Å². The Hall–Kier alpha value is -2.31. The van der Waals surface area contributed by atoms with Gasteiger partial charge in [0.05, 0.1) is 11.5 Å². The van der Waals surface area contributed by atoms with Gasteiger partial charge in [-0.3, -0.25) is 14.4 Å². The van der Waals surface area contributed by atoms with Crippen molar-refractivity contribution in [2.24, 2.45) is 0 Å². The number of amides is 2. The lowest BCUT2D eigenvalue weighted by molar-refractivity contribution is -0.139. The summed E-state index contributed by atoms with van der Waals surface area (Å²) in [7, 11) is 0. The molecular weight excluding hydrogens is 348 g/mol. The first-order valence-corrected chi connectivity index (χ1v) is 9.46. The molecule has 0 saturated carbocycles. The molecule has 0 unspecified atom stereocenters. The number of hydrogen-bond acceptors (Lipinski definition) is 4. The van der Waals surface area contributed by atoms with Crippen LogP contribution in [0.1, 0.15) is 29.8 Å². The van der Waals surface area contributed by atoms with Crippen molar-refractivity contribution in [1.82, 2.24) is 10.4 Å². The molecule has 1 saturated heterocycles. The highest BCUT2D eigenvalue weighted by atomic mass is 32.2. The molecule has 0 radical (unpaired) electrons. The summed E-state index contributed by atoms with van der Waals surface area (Å²) in [6.07, 6.45) is 0. The van der Waals surface area contributed by atoms with Gasteiger partial charge in [-0.2, -0.15) is 0 Å². The number of thioether (sulfide) groups is 1. The second-order valence-corrected chi connectivity index (χ2v) is 8.18. The molecule has 2 aromatic rings. The van der Waals surface area contributed by atoms with Crippen molar-refractivity contribution in [3.05, 3.63) is 71.8 Å². The molecule has 3 rings (SSSR count). The third-order valence-electron chi connectivity index (χ3n) is 4.28. The van der Waals surface area contributed by atoms with Crippen molar-refractivity contribution in [2.75, 3.05) is 5.75 Å². The fraction of sp³-hybridized carbons (Fsp3) is 0.300. The van der Waals surface area contributed by atoms with E-state index in [2.05, 4.69) is 5.48 Å². The monoisotopic (exact) mass is 370 g/mol. The smallest absolute Gasteiger partial charge is 0.267 e. The van der Waals surface area contributed by atoms with Gasteiger partial charge >= 0.3 is 0 Å². The molecule has 0 spiro atoms. The van der Waals surface area contributed by atoms with E-state index in [1.807, 2.05) is 62.4 Å². The average Bonchev–Trinajstić information content (AvgIpc) is 2.98. The number of benzene rings is 2. The number of carbonyl (C=O) groups is 2. The van der Waals surface area contributed by atoms with Gasteiger partial charge in [0.2, 0.25) is 0 Å². The number of nitrogens with zero attached hydrogens (tertiary/aromatic N) is 1. The molecule has 6 heteroatoms. The van der Waals surface area contributed by atoms with E-state index in [0.29, 0.717) is 11.3 Å². The maximum atomic E-state index is 13.0. The molecule has 1 aliphatic heterocycles. The molecule has 0 bridgehead atoms. The van der Waals surface area contributed by atoms with E-state index in [-0.39, 0.29) is 18.4 Å². The zero-order chi connectivity index (χ0) is 18.6. The van der Waals surface area contributed by atoms with Crippen LogP contribution in [0.3, 0.4) is 0 Å². The average molecular weight is 370 g/mol. The minimum atomic E-state index is -0.571. The lowest BCUT2D eigenvalue weighted by atomic mass is 10.1. The Morgan fingerprint density at radius 3 is 2.38 bits per heavy atom. The molecule has 5 nitrogen and oxygen atoms in total. The predicted octanol–water partition coefficient (Wildman–Crippen LogP) is 3.23. The van der Waals surface area contributed by atoms with Gasteiger partial charge in [0.1, 0.15) is 6.04 Å². The zero-order valence-corrected chi connectivity index (χ0v) is 15.7. The molecule has 2 aromatic carbocycles. The second kappa shape index (κ2) is 7.93. The minimum absolute atomic E-state index is 0.149. The van der Waals surface area contributed by atoms with Gasteiger partial charge in [-0.1, -0.05) is 48.5 Å². The van der Waals surface area contributed by atoms with Crippen molar-refractivity contribution < 1.29 is 14.4 Å². The Morgan fingerprint density at radius 2 is 1.73 bits per heavy atom. The maximum Gasteiger partial charge on any atom is 0.267 e. The van der Waals surface area contributed by atoms with Crippen molar-refractivity contribution >= 4 is 23.6 Å². The van der Waals surface area contributed by atoms with Crippen LogP contribution in [0.4, 0.5) is 0 Å². The number of nitrogens with one attached hydrogen (secondary N) is 1. The Bertz CT molecular complexity index is 765. The topological polar surface area (TPSA) is 58.6 Å². The van der Waals surface area contributed by atoms with E-state index in [1.54, 1.807) is 28.8 Å². The van der Waals surface area contributed by atoms with E-state index in [0.717, 1.165) is 5.56 Å². The predicted molar refractivity (Wildman–Crippen MR) is 102 cm³/mol. The standard InChI is InChI=1S/C20H22N2O3S/c1-20(2)22(19(24)16-11-7-4-8-12-16)17(14-26-20)18(23)21-25-13-15-9-5-3-6-10-15/h3-12,17H,13-14H2,1-2H3,(H,21,23)/t17-/m1/s1. The summed E-state index contributed by atoms with van der Waals surface area (Å²) in [4.78, 5) is 32.1. The third kappa shape index (κ3) is 4.08. The van der Waals surface area contributed by atoms with Gasteiger partial charge in [-0.15, -0.1) is 11.8 Å². The van der Waals surface area contributed by atoms with E-state index in [9.17, 15) is 9.59 Å². The van der Waals surface area contributed by atoms with Crippen LogP contribution >= 0.6 is 11.8 Å². The van der Waals surface area contributed by atoms with Gasteiger partial charge < -0.3 is 4.90 Å². The SMILES string of the molecule is CC1(C)SC[C@H](C(=O)NOCc2ccccc2)N1C(=O)c1ccccc1. The molecule has 0 aliphatic carbocycles. The lowest BCUT2D eigenvalue weighted by Gasteiger charge is -2.34. The highest BCUT2D eigenvalue weighted by Crippen LogP contribution is 2.39. The molecule has 1 fully saturated rings. The molecule has 1 N–H and O–H groups in total. The van der Waals surface area contributed by atoms with Gasteiger partial charge in [-0.25, -0.2) is 5.48 Å². The van der Waals surface area contributed by atoms with Gasteiger partial charge in [0.25, 0.3) is 11.8 Å². The number of hydroxylamine groups is 1. The van der Waals surface area contributed by atoms with E-state index >= 15 is 0 Å². The third-order valence-corrected chi connectivity index (χ3v) is 5.67. The van der Waals surface area contributed by atoms with Crippen molar-refractivity contribution in [3.63, 3.8) is 0 Å². The highest BCUT2D eigenvalue weighted by Gasteiger charge is 2.46. The maximum absolute atomic E-state index is 13.0. The molecule has 0 aromatic heterocycles.